The van der Waals surface area contributed by atoms with Crippen molar-refractivity contribution in [2.75, 3.05) is 5.32 Å². The van der Waals surface area contributed by atoms with Gasteiger partial charge in [-0.25, -0.2) is 0 Å². The van der Waals surface area contributed by atoms with E-state index in [0.29, 0.717) is 27.6 Å². The van der Waals surface area contributed by atoms with Gasteiger partial charge in [-0.2, -0.15) is 0 Å². The van der Waals surface area contributed by atoms with Crippen LogP contribution in [0.2, 0.25) is 5.02 Å². The van der Waals surface area contributed by atoms with Crippen molar-refractivity contribution >= 4 is 29.1 Å². The topological polar surface area (TPSA) is 71.3 Å². The zero-order valence-corrected chi connectivity index (χ0v) is 15.1. The molecular weight excluding hydrogens is 364 g/mol. The maximum absolute atomic E-state index is 12.6. The lowest BCUT2D eigenvalue weighted by atomic mass is 10.1. The molecule has 3 aromatic rings. The Bertz CT molecular complexity index is 1010. The van der Waals surface area contributed by atoms with E-state index in [4.69, 9.17) is 16.0 Å². The Morgan fingerprint density at radius 2 is 1.67 bits per heavy atom. The summed E-state index contributed by atoms with van der Waals surface area (Å²) >= 11 is 6.17. The van der Waals surface area contributed by atoms with E-state index in [-0.39, 0.29) is 17.7 Å². The highest BCUT2D eigenvalue weighted by molar-refractivity contribution is 6.33. The van der Waals surface area contributed by atoms with E-state index in [1.807, 2.05) is 18.2 Å². The van der Waals surface area contributed by atoms with Crippen molar-refractivity contribution in [3.8, 4) is 11.3 Å². The van der Waals surface area contributed by atoms with Gasteiger partial charge in [0, 0.05) is 11.6 Å². The van der Waals surface area contributed by atoms with Gasteiger partial charge in [0.25, 0.3) is 11.8 Å². The molecule has 0 aliphatic heterocycles. The zero-order valence-electron chi connectivity index (χ0n) is 14.4. The van der Waals surface area contributed by atoms with Crippen LogP contribution in [0.3, 0.4) is 0 Å². The highest BCUT2D eigenvalue weighted by Gasteiger charge is 2.25. The lowest BCUT2D eigenvalue weighted by Crippen LogP contribution is -2.26. The molecule has 1 heterocycles. The molecular formula is C21H17ClN2O3. The molecule has 0 spiro atoms. The fourth-order valence-corrected chi connectivity index (χ4v) is 2.96. The smallest absolute Gasteiger partial charge is 0.291 e. The second kappa shape index (κ2) is 7.29. The van der Waals surface area contributed by atoms with Gasteiger partial charge in [0.1, 0.15) is 5.76 Å². The van der Waals surface area contributed by atoms with Gasteiger partial charge >= 0.3 is 0 Å². The Morgan fingerprint density at radius 3 is 2.44 bits per heavy atom. The first kappa shape index (κ1) is 17.4. The Kier molecular flexibility index (Phi) is 4.69. The van der Waals surface area contributed by atoms with Crippen LogP contribution < -0.4 is 10.6 Å². The molecule has 1 aliphatic carbocycles. The summed E-state index contributed by atoms with van der Waals surface area (Å²) in [5.41, 5.74) is 1.58. The number of carbonyl (C=O) groups excluding carboxylic acids is 2. The van der Waals surface area contributed by atoms with Gasteiger partial charge in [-0.3, -0.25) is 9.59 Å². The number of nitrogens with one attached hydrogen (secondary N) is 2. The third kappa shape index (κ3) is 3.88. The third-order valence-corrected chi connectivity index (χ3v) is 4.63. The van der Waals surface area contributed by atoms with E-state index in [2.05, 4.69) is 10.6 Å². The van der Waals surface area contributed by atoms with E-state index in [1.54, 1.807) is 42.5 Å². The van der Waals surface area contributed by atoms with E-state index in [9.17, 15) is 9.59 Å². The summed E-state index contributed by atoms with van der Waals surface area (Å²) in [6.07, 6.45) is 2.00. The normalized spacial score (nSPS) is 13.2. The van der Waals surface area contributed by atoms with Gasteiger partial charge in [-0.15, -0.1) is 0 Å². The molecule has 2 amide bonds. The summed E-state index contributed by atoms with van der Waals surface area (Å²) in [6, 6.07) is 17.7. The minimum absolute atomic E-state index is 0.141. The molecule has 2 aromatic carbocycles. The molecule has 0 saturated heterocycles. The number of hydrogen-bond donors (Lipinski definition) is 2. The fraction of sp³-hybridized carbons (Fsp3) is 0.143. The van der Waals surface area contributed by atoms with E-state index >= 15 is 0 Å². The number of hydrogen-bond acceptors (Lipinski definition) is 3. The number of carbonyl (C=O) groups is 2. The third-order valence-electron chi connectivity index (χ3n) is 4.30. The Balaban J connectivity index is 1.53. The second-order valence-electron chi connectivity index (χ2n) is 6.39. The molecule has 1 saturated carbocycles. The first-order valence-corrected chi connectivity index (χ1v) is 9.05. The van der Waals surface area contributed by atoms with Crippen molar-refractivity contribution in [2.45, 2.75) is 18.9 Å². The number of amides is 2. The molecule has 1 aromatic heterocycles. The van der Waals surface area contributed by atoms with E-state index in [1.165, 1.54) is 0 Å². The zero-order chi connectivity index (χ0) is 18.8. The summed E-state index contributed by atoms with van der Waals surface area (Å²) in [6.45, 7) is 0. The van der Waals surface area contributed by atoms with Crippen LogP contribution in [0.1, 0.15) is 33.8 Å². The van der Waals surface area contributed by atoms with Gasteiger partial charge in [0.2, 0.25) is 0 Å². The fourth-order valence-electron chi connectivity index (χ4n) is 2.73. The quantitative estimate of drug-likeness (QED) is 0.671. The van der Waals surface area contributed by atoms with Crippen LogP contribution in [-0.2, 0) is 0 Å². The van der Waals surface area contributed by atoms with Crippen LogP contribution >= 0.6 is 11.6 Å². The maximum Gasteiger partial charge on any atom is 0.291 e. The molecule has 5 nitrogen and oxygen atoms in total. The predicted octanol–water partition coefficient (Wildman–Crippen LogP) is 4.74. The van der Waals surface area contributed by atoms with Crippen molar-refractivity contribution in [1.82, 2.24) is 5.32 Å². The summed E-state index contributed by atoms with van der Waals surface area (Å²) in [4.78, 5) is 24.9. The first-order chi connectivity index (χ1) is 13.1. The van der Waals surface area contributed by atoms with Gasteiger partial charge in [0.05, 0.1) is 16.3 Å². The molecule has 0 radical (unpaired) electrons. The number of para-hydroxylation sites is 1. The minimum atomic E-state index is -0.431. The Hall–Kier alpha value is -3.05. The summed E-state index contributed by atoms with van der Waals surface area (Å²) in [7, 11) is 0. The highest BCUT2D eigenvalue weighted by Crippen LogP contribution is 2.29. The molecule has 0 unspecified atom stereocenters. The number of rotatable bonds is 5. The van der Waals surface area contributed by atoms with E-state index in [0.717, 1.165) is 12.8 Å². The van der Waals surface area contributed by atoms with E-state index < -0.39 is 5.91 Å². The Morgan fingerprint density at radius 1 is 0.926 bits per heavy atom. The number of furan rings is 1. The van der Waals surface area contributed by atoms with Gasteiger partial charge in [-0.05, 0) is 49.2 Å². The summed E-state index contributed by atoms with van der Waals surface area (Å²) < 4.78 is 5.66. The molecule has 136 valence electrons. The summed E-state index contributed by atoms with van der Waals surface area (Å²) in [5.74, 6) is 0.0254. The monoisotopic (exact) mass is 380 g/mol. The largest absolute Gasteiger partial charge is 0.451 e. The SMILES string of the molecule is O=C(Nc1ccccc1C(=O)NC1CC1)c1ccc(-c2ccccc2Cl)o1. The standard InChI is InChI=1S/C21H17ClN2O3/c22-16-7-3-1-5-14(16)18-11-12-19(27-18)21(26)24-17-8-4-2-6-15(17)20(25)23-13-9-10-13/h1-8,11-13H,9-10H2,(H,23,25)(H,24,26). The number of anilines is 1. The minimum Gasteiger partial charge on any atom is -0.451 e. The van der Waals surface area contributed by atoms with Crippen LogP contribution in [0.4, 0.5) is 5.69 Å². The van der Waals surface area contributed by atoms with Crippen molar-refractivity contribution in [2.24, 2.45) is 0 Å². The average Bonchev–Trinajstić information content (AvgIpc) is 3.34. The van der Waals surface area contributed by atoms with Crippen molar-refractivity contribution < 1.29 is 14.0 Å². The molecule has 1 aliphatic rings. The van der Waals surface area contributed by atoms with Crippen LogP contribution in [-0.4, -0.2) is 17.9 Å². The van der Waals surface area contributed by atoms with Gasteiger partial charge in [-0.1, -0.05) is 35.9 Å². The predicted molar refractivity (Wildman–Crippen MR) is 104 cm³/mol. The Labute approximate surface area is 161 Å². The van der Waals surface area contributed by atoms with Gasteiger partial charge < -0.3 is 15.1 Å². The first-order valence-electron chi connectivity index (χ1n) is 8.68. The molecule has 2 N–H and O–H groups in total. The lowest BCUT2D eigenvalue weighted by Gasteiger charge is -2.10. The van der Waals surface area contributed by atoms with Crippen molar-refractivity contribution in [1.29, 1.82) is 0 Å². The van der Waals surface area contributed by atoms with Crippen LogP contribution in [0.15, 0.2) is 65.1 Å². The van der Waals surface area contributed by atoms with Crippen molar-refractivity contribution in [3.05, 3.63) is 77.0 Å². The lowest BCUT2D eigenvalue weighted by molar-refractivity contribution is 0.0952. The van der Waals surface area contributed by atoms with Gasteiger partial charge in [0.15, 0.2) is 5.76 Å². The molecule has 27 heavy (non-hydrogen) atoms. The molecule has 1 fully saturated rings. The van der Waals surface area contributed by atoms with Crippen LogP contribution in [0.5, 0.6) is 0 Å². The van der Waals surface area contributed by atoms with Crippen LogP contribution in [0.25, 0.3) is 11.3 Å². The maximum atomic E-state index is 12.6. The highest BCUT2D eigenvalue weighted by atomic mass is 35.5. The average molecular weight is 381 g/mol. The number of benzene rings is 2. The molecule has 0 bridgehead atoms. The molecule has 0 atom stereocenters. The molecule has 6 heteroatoms. The van der Waals surface area contributed by atoms with Crippen LogP contribution in [0, 0.1) is 0 Å². The summed E-state index contributed by atoms with van der Waals surface area (Å²) in [5, 5.41) is 6.22. The van der Waals surface area contributed by atoms with Crippen molar-refractivity contribution in [3.63, 3.8) is 0 Å². The molecule has 4 rings (SSSR count). The number of halogens is 1. The second-order valence-corrected chi connectivity index (χ2v) is 6.80.